The maximum atomic E-state index is 11.5. The van der Waals surface area contributed by atoms with E-state index in [-0.39, 0.29) is 11.8 Å². The average molecular weight is 221 g/mol. The van der Waals surface area contributed by atoms with Gasteiger partial charge in [-0.2, -0.15) is 0 Å². The fourth-order valence-corrected chi connectivity index (χ4v) is 1.17. The van der Waals surface area contributed by atoms with Gasteiger partial charge in [0.05, 0.1) is 17.3 Å². The summed E-state index contributed by atoms with van der Waals surface area (Å²) in [4.78, 5) is 22.9. The Morgan fingerprint density at radius 2 is 1.94 bits per heavy atom. The molecule has 2 amide bonds. The normalized spacial score (nSPS) is 11.7. The van der Waals surface area contributed by atoms with Crippen LogP contribution in [-0.4, -0.2) is 24.9 Å². The summed E-state index contributed by atoms with van der Waals surface area (Å²) in [5, 5.41) is 5.10. The van der Waals surface area contributed by atoms with Gasteiger partial charge in [-0.1, -0.05) is 12.1 Å². The molecule has 1 aromatic rings. The third-order valence-electron chi connectivity index (χ3n) is 2.07. The summed E-state index contributed by atoms with van der Waals surface area (Å²) >= 11 is 0. The number of carbonyl (C=O) groups excluding carboxylic acids is 2. The van der Waals surface area contributed by atoms with Gasteiger partial charge in [-0.3, -0.25) is 9.59 Å². The zero-order valence-corrected chi connectivity index (χ0v) is 9.28. The number of benzene rings is 1. The van der Waals surface area contributed by atoms with Gasteiger partial charge in [-0.15, -0.1) is 0 Å². The van der Waals surface area contributed by atoms with E-state index in [1.54, 1.807) is 31.2 Å². The van der Waals surface area contributed by atoms with Gasteiger partial charge in [0.2, 0.25) is 5.91 Å². The Labute approximate surface area is 94.0 Å². The second-order valence-corrected chi connectivity index (χ2v) is 3.40. The van der Waals surface area contributed by atoms with E-state index in [2.05, 4.69) is 10.6 Å². The van der Waals surface area contributed by atoms with Crippen LogP contribution in [0, 0.1) is 0 Å². The van der Waals surface area contributed by atoms with Gasteiger partial charge >= 0.3 is 0 Å². The summed E-state index contributed by atoms with van der Waals surface area (Å²) in [5.74, 6) is -0.572. The molecule has 4 N–H and O–H groups in total. The molecule has 0 aliphatic heterocycles. The summed E-state index contributed by atoms with van der Waals surface area (Å²) < 4.78 is 0. The molecular weight excluding hydrogens is 206 g/mol. The third kappa shape index (κ3) is 2.80. The van der Waals surface area contributed by atoms with E-state index in [0.29, 0.717) is 11.3 Å². The second kappa shape index (κ2) is 5.27. The SMILES string of the molecule is CNC(=O)c1ccccc1NC(=O)C(C)N. The molecule has 0 saturated carbocycles. The van der Waals surface area contributed by atoms with Crippen LogP contribution in [0.3, 0.4) is 0 Å². The zero-order valence-electron chi connectivity index (χ0n) is 9.28. The van der Waals surface area contributed by atoms with E-state index in [9.17, 15) is 9.59 Å². The van der Waals surface area contributed by atoms with Crippen LogP contribution in [0.15, 0.2) is 24.3 Å². The smallest absolute Gasteiger partial charge is 0.253 e. The lowest BCUT2D eigenvalue weighted by atomic mass is 10.1. The number of carbonyl (C=O) groups is 2. The van der Waals surface area contributed by atoms with Crippen molar-refractivity contribution in [1.29, 1.82) is 0 Å². The minimum atomic E-state index is -0.613. The molecule has 0 bridgehead atoms. The fraction of sp³-hybridized carbons (Fsp3) is 0.273. The maximum Gasteiger partial charge on any atom is 0.253 e. The molecule has 0 heterocycles. The lowest BCUT2D eigenvalue weighted by molar-refractivity contribution is -0.117. The van der Waals surface area contributed by atoms with E-state index >= 15 is 0 Å². The molecule has 5 nitrogen and oxygen atoms in total. The number of hydrogen-bond acceptors (Lipinski definition) is 3. The maximum absolute atomic E-state index is 11.5. The van der Waals surface area contributed by atoms with Crippen molar-refractivity contribution in [3.63, 3.8) is 0 Å². The second-order valence-electron chi connectivity index (χ2n) is 3.40. The Morgan fingerprint density at radius 3 is 2.50 bits per heavy atom. The first-order valence-corrected chi connectivity index (χ1v) is 4.93. The first-order valence-electron chi connectivity index (χ1n) is 4.93. The number of rotatable bonds is 3. The van der Waals surface area contributed by atoms with Crippen molar-refractivity contribution >= 4 is 17.5 Å². The van der Waals surface area contributed by atoms with Gasteiger partial charge in [-0.25, -0.2) is 0 Å². The molecule has 5 heteroatoms. The first-order chi connectivity index (χ1) is 7.56. The van der Waals surface area contributed by atoms with Crippen molar-refractivity contribution in [2.45, 2.75) is 13.0 Å². The summed E-state index contributed by atoms with van der Waals surface area (Å²) in [6.07, 6.45) is 0. The minimum Gasteiger partial charge on any atom is -0.355 e. The Bertz CT molecular complexity index is 402. The zero-order chi connectivity index (χ0) is 12.1. The van der Waals surface area contributed by atoms with Gasteiger partial charge in [0.25, 0.3) is 5.91 Å². The molecule has 1 aromatic carbocycles. The molecule has 0 spiro atoms. The van der Waals surface area contributed by atoms with E-state index in [1.807, 2.05) is 0 Å². The molecule has 0 aromatic heterocycles. The lowest BCUT2D eigenvalue weighted by Crippen LogP contribution is -2.33. The molecule has 1 atom stereocenters. The molecule has 0 fully saturated rings. The Balaban J connectivity index is 2.95. The number of nitrogens with two attached hydrogens (primary N) is 1. The van der Waals surface area contributed by atoms with Crippen molar-refractivity contribution in [3.8, 4) is 0 Å². The van der Waals surface area contributed by atoms with Crippen molar-refractivity contribution in [2.75, 3.05) is 12.4 Å². The molecule has 86 valence electrons. The molecule has 0 aliphatic carbocycles. The van der Waals surface area contributed by atoms with E-state index in [4.69, 9.17) is 5.73 Å². The van der Waals surface area contributed by atoms with Crippen LogP contribution in [-0.2, 0) is 4.79 Å². The van der Waals surface area contributed by atoms with E-state index in [1.165, 1.54) is 7.05 Å². The van der Waals surface area contributed by atoms with Crippen molar-refractivity contribution in [1.82, 2.24) is 5.32 Å². The van der Waals surface area contributed by atoms with Gasteiger partial charge < -0.3 is 16.4 Å². The number of hydrogen-bond donors (Lipinski definition) is 3. The Morgan fingerprint density at radius 1 is 1.31 bits per heavy atom. The van der Waals surface area contributed by atoms with Gasteiger partial charge in [0.15, 0.2) is 0 Å². The minimum absolute atomic E-state index is 0.249. The molecule has 0 aliphatic rings. The highest BCUT2D eigenvalue weighted by atomic mass is 16.2. The largest absolute Gasteiger partial charge is 0.355 e. The van der Waals surface area contributed by atoms with E-state index < -0.39 is 6.04 Å². The fourth-order valence-electron chi connectivity index (χ4n) is 1.17. The van der Waals surface area contributed by atoms with Crippen LogP contribution in [0.25, 0.3) is 0 Å². The van der Waals surface area contributed by atoms with Gasteiger partial charge in [0.1, 0.15) is 0 Å². The lowest BCUT2D eigenvalue weighted by Gasteiger charge is -2.11. The van der Waals surface area contributed by atoms with Crippen LogP contribution >= 0.6 is 0 Å². The summed E-state index contributed by atoms with van der Waals surface area (Å²) in [7, 11) is 1.53. The number of amides is 2. The highest BCUT2D eigenvalue weighted by molar-refractivity contribution is 6.04. The topological polar surface area (TPSA) is 84.2 Å². The standard InChI is InChI=1S/C11H15N3O2/c1-7(12)10(15)14-9-6-4-3-5-8(9)11(16)13-2/h3-7H,12H2,1-2H3,(H,13,16)(H,14,15). The quantitative estimate of drug-likeness (QED) is 0.687. The van der Waals surface area contributed by atoms with Crippen molar-refractivity contribution in [3.05, 3.63) is 29.8 Å². The Hall–Kier alpha value is -1.88. The molecule has 1 rings (SSSR count). The number of para-hydroxylation sites is 1. The van der Waals surface area contributed by atoms with Gasteiger partial charge in [-0.05, 0) is 19.1 Å². The van der Waals surface area contributed by atoms with Crippen LogP contribution in [0.4, 0.5) is 5.69 Å². The highest BCUT2D eigenvalue weighted by Crippen LogP contribution is 2.14. The van der Waals surface area contributed by atoms with Crippen molar-refractivity contribution < 1.29 is 9.59 Å². The first kappa shape index (κ1) is 12.2. The summed E-state index contributed by atoms with van der Waals surface area (Å²) in [6.45, 7) is 1.58. The number of anilines is 1. The Kier molecular flexibility index (Phi) is 4.02. The molecule has 0 saturated heterocycles. The van der Waals surface area contributed by atoms with Crippen LogP contribution < -0.4 is 16.4 Å². The predicted molar refractivity (Wildman–Crippen MR) is 62.1 cm³/mol. The molecule has 1 unspecified atom stereocenters. The predicted octanol–water partition coefficient (Wildman–Crippen LogP) is 0.332. The van der Waals surface area contributed by atoms with Crippen LogP contribution in [0.5, 0.6) is 0 Å². The number of nitrogens with one attached hydrogen (secondary N) is 2. The molecule has 0 radical (unpaired) electrons. The highest BCUT2D eigenvalue weighted by Gasteiger charge is 2.13. The summed E-state index contributed by atoms with van der Waals surface area (Å²) in [6, 6.07) is 6.15. The van der Waals surface area contributed by atoms with Crippen molar-refractivity contribution in [2.24, 2.45) is 5.73 Å². The third-order valence-corrected chi connectivity index (χ3v) is 2.07. The van der Waals surface area contributed by atoms with Crippen LogP contribution in [0.2, 0.25) is 0 Å². The average Bonchev–Trinajstić information content (AvgIpc) is 2.28. The summed E-state index contributed by atoms with van der Waals surface area (Å²) in [5.41, 5.74) is 6.31. The molecule has 16 heavy (non-hydrogen) atoms. The monoisotopic (exact) mass is 221 g/mol. The van der Waals surface area contributed by atoms with E-state index in [0.717, 1.165) is 0 Å². The molecular formula is C11H15N3O2. The van der Waals surface area contributed by atoms with Gasteiger partial charge in [0, 0.05) is 7.05 Å². The van der Waals surface area contributed by atoms with Crippen LogP contribution in [0.1, 0.15) is 17.3 Å².